The summed E-state index contributed by atoms with van der Waals surface area (Å²) < 4.78 is 11.2. The van der Waals surface area contributed by atoms with Gasteiger partial charge < -0.3 is 9.47 Å². The summed E-state index contributed by atoms with van der Waals surface area (Å²) in [7, 11) is 0. The molecule has 1 aliphatic carbocycles. The third-order valence-corrected chi connectivity index (χ3v) is 4.54. The minimum Gasteiger partial charge on any atom is -0.370 e. The van der Waals surface area contributed by atoms with Gasteiger partial charge in [-0.1, -0.05) is 13.8 Å². The van der Waals surface area contributed by atoms with Crippen LogP contribution in [-0.2, 0) is 9.47 Å². The maximum absolute atomic E-state index is 5.63. The molecule has 1 saturated carbocycles. The Morgan fingerprint density at radius 1 is 1.13 bits per heavy atom. The lowest BCUT2D eigenvalue weighted by molar-refractivity contribution is 0.244. The lowest BCUT2D eigenvalue weighted by atomic mass is 9.79. The standard InChI is InChI=1S/C13H22O2/c1-3-10-12(14-10)6-8(2)9-4-5-11-13(7-9)15-11/h8-13H,3-7H2,1-2H3. The molecule has 0 radical (unpaired) electrons. The minimum atomic E-state index is 0.584. The Hall–Kier alpha value is -0.0800. The normalized spacial score (nSPS) is 49.6. The van der Waals surface area contributed by atoms with Crippen LogP contribution in [0.2, 0.25) is 0 Å². The van der Waals surface area contributed by atoms with Crippen molar-refractivity contribution in [3.8, 4) is 0 Å². The molecule has 86 valence electrons. The Morgan fingerprint density at radius 2 is 2.00 bits per heavy atom. The molecule has 2 saturated heterocycles. The molecule has 6 unspecified atom stereocenters. The number of epoxide rings is 2. The van der Waals surface area contributed by atoms with Crippen molar-refractivity contribution in [3.05, 3.63) is 0 Å². The third kappa shape index (κ3) is 2.07. The van der Waals surface area contributed by atoms with Crippen LogP contribution in [0.25, 0.3) is 0 Å². The van der Waals surface area contributed by atoms with Gasteiger partial charge in [0.2, 0.25) is 0 Å². The van der Waals surface area contributed by atoms with E-state index in [1.165, 1.54) is 32.1 Å². The molecule has 0 bridgehead atoms. The summed E-state index contributed by atoms with van der Waals surface area (Å²) in [6.45, 7) is 4.63. The fraction of sp³-hybridized carbons (Fsp3) is 1.00. The Kier molecular flexibility index (Phi) is 2.52. The van der Waals surface area contributed by atoms with Gasteiger partial charge in [-0.2, -0.15) is 0 Å². The van der Waals surface area contributed by atoms with Crippen molar-refractivity contribution >= 4 is 0 Å². The first-order valence-corrected chi connectivity index (χ1v) is 6.59. The maximum atomic E-state index is 5.63. The van der Waals surface area contributed by atoms with E-state index in [4.69, 9.17) is 9.47 Å². The average molecular weight is 210 g/mol. The van der Waals surface area contributed by atoms with Crippen molar-refractivity contribution in [2.75, 3.05) is 0 Å². The first-order valence-electron chi connectivity index (χ1n) is 6.59. The molecule has 3 aliphatic rings. The van der Waals surface area contributed by atoms with Crippen LogP contribution in [0.3, 0.4) is 0 Å². The molecule has 0 aromatic heterocycles. The smallest absolute Gasteiger partial charge is 0.0844 e. The zero-order chi connectivity index (χ0) is 10.4. The van der Waals surface area contributed by atoms with Crippen LogP contribution in [-0.4, -0.2) is 24.4 Å². The van der Waals surface area contributed by atoms with Crippen LogP contribution in [0, 0.1) is 11.8 Å². The molecular weight excluding hydrogens is 188 g/mol. The van der Waals surface area contributed by atoms with Gasteiger partial charge in [0, 0.05) is 0 Å². The second-order valence-corrected chi connectivity index (χ2v) is 5.62. The Bertz CT molecular complexity index is 241. The van der Waals surface area contributed by atoms with Gasteiger partial charge in [-0.05, 0) is 43.9 Å². The van der Waals surface area contributed by atoms with E-state index in [9.17, 15) is 0 Å². The second kappa shape index (κ2) is 3.74. The quantitative estimate of drug-likeness (QED) is 0.667. The largest absolute Gasteiger partial charge is 0.370 e. The lowest BCUT2D eigenvalue weighted by Gasteiger charge is -2.25. The molecule has 2 heteroatoms. The Balaban J connectivity index is 1.45. The number of rotatable bonds is 4. The predicted octanol–water partition coefficient (Wildman–Crippen LogP) is 2.76. The molecular formula is C13H22O2. The summed E-state index contributed by atoms with van der Waals surface area (Å²) in [5, 5.41) is 0. The van der Waals surface area contributed by atoms with Gasteiger partial charge in [0.1, 0.15) is 0 Å². The number of fused-ring (bicyclic) bond motifs is 1. The molecule has 0 N–H and O–H groups in total. The molecule has 6 atom stereocenters. The van der Waals surface area contributed by atoms with Crippen LogP contribution in [0.4, 0.5) is 0 Å². The predicted molar refractivity (Wildman–Crippen MR) is 58.7 cm³/mol. The SMILES string of the molecule is CCC1OC1CC(C)C1CCC2OC2C1. The first kappa shape index (κ1) is 10.1. The van der Waals surface area contributed by atoms with Crippen LogP contribution < -0.4 is 0 Å². The molecule has 3 fully saturated rings. The fourth-order valence-corrected chi connectivity index (χ4v) is 3.26. The van der Waals surface area contributed by atoms with E-state index in [0.29, 0.717) is 24.4 Å². The molecule has 15 heavy (non-hydrogen) atoms. The topological polar surface area (TPSA) is 25.1 Å². The van der Waals surface area contributed by atoms with Crippen LogP contribution in [0.5, 0.6) is 0 Å². The van der Waals surface area contributed by atoms with Crippen molar-refractivity contribution in [2.45, 2.75) is 70.4 Å². The summed E-state index contributed by atoms with van der Waals surface area (Å²) in [5.74, 6) is 1.73. The van der Waals surface area contributed by atoms with Gasteiger partial charge in [0.15, 0.2) is 0 Å². The average Bonchev–Trinajstić information content (AvgIpc) is 3.11. The van der Waals surface area contributed by atoms with E-state index < -0.39 is 0 Å². The van der Waals surface area contributed by atoms with E-state index >= 15 is 0 Å². The molecule has 2 heterocycles. The van der Waals surface area contributed by atoms with Gasteiger partial charge in [-0.25, -0.2) is 0 Å². The van der Waals surface area contributed by atoms with Crippen LogP contribution >= 0.6 is 0 Å². The summed E-state index contributed by atoms with van der Waals surface area (Å²) in [6, 6.07) is 0. The van der Waals surface area contributed by atoms with Crippen molar-refractivity contribution in [1.82, 2.24) is 0 Å². The summed E-state index contributed by atoms with van der Waals surface area (Å²) >= 11 is 0. The van der Waals surface area contributed by atoms with Crippen molar-refractivity contribution in [3.63, 3.8) is 0 Å². The van der Waals surface area contributed by atoms with Gasteiger partial charge >= 0.3 is 0 Å². The van der Waals surface area contributed by atoms with Crippen molar-refractivity contribution < 1.29 is 9.47 Å². The maximum Gasteiger partial charge on any atom is 0.0844 e. The highest BCUT2D eigenvalue weighted by Gasteiger charge is 2.46. The zero-order valence-corrected chi connectivity index (χ0v) is 9.82. The van der Waals surface area contributed by atoms with Crippen LogP contribution in [0.15, 0.2) is 0 Å². The zero-order valence-electron chi connectivity index (χ0n) is 9.82. The highest BCUT2D eigenvalue weighted by Crippen LogP contribution is 2.44. The van der Waals surface area contributed by atoms with Crippen molar-refractivity contribution in [1.29, 1.82) is 0 Å². The Labute approximate surface area is 92.3 Å². The van der Waals surface area contributed by atoms with E-state index in [1.807, 2.05) is 0 Å². The summed E-state index contributed by atoms with van der Waals surface area (Å²) in [5.41, 5.74) is 0. The minimum absolute atomic E-state index is 0.584. The lowest BCUT2D eigenvalue weighted by Crippen LogP contribution is -2.21. The summed E-state index contributed by atoms with van der Waals surface area (Å²) in [4.78, 5) is 0. The van der Waals surface area contributed by atoms with Gasteiger partial charge in [0.25, 0.3) is 0 Å². The molecule has 0 amide bonds. The Morgan fingerprint density at radius 3 is 2.67 bits per heavy atom. The third-order valence-electron chi connectivity index (χ3n) is 4.54. The molecule has 3 rings (SSSR count). The molecule has 0 aromatic rings. The highest BCUT2D eigenvalue weighted by atomic mass is 16.6. The number of hydrogen-bond acceptors (Lipinski definition) is 2. The van der Waals surface area contributed by atoms with E-state index in [-0.39, 0.29) is 0 Å². The molecule has 2 nitrogen and oxygen atoms in total. The van der Waals surface area contributed by atoms with E-state index in [0.717, 1.165) is 11.8 Å². The van der Waals surface area contributed by atoms with Gasteiger partial charge in [-0.3, -0.25) is 0 Å². The van der Waals surface area contributed by atoms with E-state index in [1.54, 1.807) is 0 Å². The van der Waals surface area contributed by atoms with Gasteiger partial charge in [0.05, 0.1) is 24.4 Å². The first-order chi connectivity index (χ1) is 7.28. The second-order valence-electron chi connectivity index (χ2n) is 5.62. The number of ether oxygens (including phenoxy) is 2. The molecule has 0 aromatic carbocycles. The molecule has 2 aliphatic heterocycles. The van der Waals surface area contributed by atoms with Gasteiger partial charge in [-0.15, -0.1) is 0 Å². The van der Waals surface area contributed by atoms with Crippen LogP contribution in [0.1, 0.15) is 46.0 Å². The fourth-order valence-electron chi connectivity index (χ4n) is 3.26. The summed E-state index contributed by atoms with van der Waals surface area (Å²) in [6.07, 6.45) is 8.92. The molecule has 0 spiro atoms. The van der Waals surface area contributed by atoms with Crippen molar-refractivity contribution in [2.24, 2.45) is 11.8 Å². The number of hydrogen-bond donors (Lipinski definition) is 0. The highest BCUT2D eigenvalue weighted by molar-refractivity contribution is 4.94. The monoisotopic (exact) mass is 210 g/mol. The van der Waals surface area contributed by atoms with E-state index in [2.05, 4.69) is 13.8 Å².